The second-order valence-corrected chi connectivity index (χ2v) is 19.9. The Morgan fingerprint density at radius 1 is 0.292 bits per heavy atom. The van der Waals surface area contributed by atoms with E-state index in [1.165, 1.54) is 109 Å². The lowest BCUT2D eigenvalue weighted by Crippen LogP contribution is -2.30. The summed E-state index contributed by atoms with van der Waals surface area (Å²) in [6.45, 7) is 6.48. The molecule has 0 spiro atoms. The monoisotopic (exact) mass is 1000 g/mol. The van der Waals surface area contributed by atoms with Crippen LogP contribution in [0.15, 0.2) is 97.2 Å². The van der Waals surface area contributed by atoms with E-state index in [4.69, 9.17) is 14.2 Å². The van der Waals surface area contributed by atoms with Crippen LogP contribution in [0.1, 0.15) is 284 Å². The van der Waals surface area contributed by atoms with Crippen LogP contribution in [-0.2, 0) is 28.6 Å². The molecule has 1 atom stereocenters. The minimum Gasteiger partial charge on any atom is -0.462 e. The van der Waals surface area contributed by atoms with Gasteiger partial charge in [0.25, 0.3) is 0 Å². The third-order valence-electron chi connectivity index (χ3n) is 12.8. The maximum absolute atomic E-state index is 12.9. The molecule has 0 aromatic carbocycles. The van der Waals surface area contributed by atoms with Crippen LogP contribution in [0, 0.1) is 0 Å². The van der Waals surface area contributed by atoms with E-state index in [0.717, 1.165) is 135 Å². The second-order valence-electron chi connectivity index (χ2n) is 19.9. The molecular weight excluding hydrogens is 889 g/mol. The zero-order valence-corrected chi connectivity index (χ0v) is 47.2. The fourth-order valence-electron chi connectivity index (χ4n) is 8.26. The fraction of sp³-hybridized carbons (Fsp3) is 0.712. The van der Waals surface area contributed by atoms with Gasteiger partial charge < -0.3 is 14.2 Å². The molecule has 0 aromatic heterocycles. The second kappa shape index (κ2) is 59.9. The zero-order chi connectivity index (χ0) is 52.2. The average molecular weight is 1000 g/mol. The highest BCUT2D eigenvalue weighted by molar-refractivity contribution is 5.71. The number of ether oxygens (including phenoxy) is 3. The van der Waals surface area contributed by atoms with Crippen molar-refractivity contribution >= 4 is 17.9 Å². The van der Waals surface area contributed by atoms with E-state index in [9.17, 15) is 14.4 Å². The van der Waals surface area contributed by atoms with Crippen LogP contribution >= 0.6 is 0 Å². The summed E-state index contributed by atoms with van der Waals surface area (Å²) in [4.78, 5) is 38.2. The van der Waals surface area contributed by atoms with Crippen LogP contribution < -0.4 is 0 Å². The van der Waals surface area contributed by atoms with Crippen LogP contribution in [0.5, 0.6) is 0 Å². The van der Waals surface area contributed by atoms with Crippen LogP contribution in [0.3, 0.4) is 0 Å². The molecular formula is C66H112O6. The topological polar surface area (TPSA) is 78.9 Å². The predicted molar refractivity (Wildman–Crippen MR) is 311 cm³/mol. The summed E-state index contributed by atoms with van der Waals surface area (Å²) < 4.78 is 16.9. The lowest BCUT2D eigenvalue weighted by atomic mass is 10.1. The molecule has 0 amide bonds. The van der Waals surface area contributed by atoms with Crippen molar-refractivity contribution < 1.29 is 28.6 Å². The van der Waals surface area contributed by atoms with Crippen molar-refractivity contribution in [2.24, 2.45) is 0 Å². The molecule has 6 nitrogen and oxygen atoms in total. The Labute approximate surface area is 445 Å². The molecule has 0 rings (SSSR count). The fourth-order valence-corrected chi connectivity index (χ4v) is 8.26. The summed E-state index contributed by atoms with van der Waals surface area (Å²) in [5, 5.41) is 0. The summed E-state index contributed by atoms with van der Waals surface area (Å²) in [6, 6.07) is 0. The van der Waals surface area contributed by atoms with Gasteiger partial charge in [0, 0.05) is 19.3 Å². The normalized spacial score (nSPS) is 12.8. The van der Waals surface area contributed by atoms with E-state index < -0.39 is 6.10 Å². The highest BCUT2D eigenvalue weighted by atomic mass is 16.6. The van der Waals surface area contributed by atoms with Gasteiger partial charge in [0.05, 0.1) is 0 Å². The first-order valence-corrected chi connectivity index (χ1v) is 30.2. The average Bonchev–Trinajstić information content (AvgIpc) is 3.38. The van der Waals surface area contributed by atoms with Crippen LogP contribution in [0.4, 0.5) is 0 Å². The van der Waals surface area contributed by atoms with Crippen molar-refractivity contribution in [2.45, 2.75) is 290 Å². The number of carbonyl (C=O) groups is 3. The molecule has 0 radical (unpaired) electrons. The van der Waals surface area contributed by atoms with Gasteiger partial charge in [-0.3, -0.25) is 14.4 Å². The quantitative estimate of drug-likeness (QED) is 0.0261. The first kappa shape index (κ1) is 68.3. The Hall–Kier alpha value is -3.67. The van der Waals surface area contributed by atoms with Gasteiger partial charge in [0.1, 0.15) is 13.2 Å². The maximum atomic E-state index is 12.9. The van der Waals surface area contributed by atoms with Gasteiger partial charge >= 0.3 is 17.9 Å². The van der Waals surface area contributed by atoms with Gasteiger partial charge in [-0.05, 0) is 122 Å². The van der Waals surface area contributed by atoms with Gasteiger partial charge in [-0.25, -0.2) is 0 Å². The number of hydrogen-bond donors (Lipinski definition) is 0. The molecule has 72 heavy (non-hydrogen) atoms. The molecule has 0 aliphatic rings. The number of allylic oxidation sites excluding steroid dienone is 16. The van der Waals surface area contributed by atoms with Crippen molar-refractivity contribution in [2.75, 3.05) is 13.2 Å². The first-order valence-electron chi connectivity index (χ1n) is 30.2. The van der Waals surface area contributed by atoms with E-state index in [1.54, 1.807) is 0 Å². The van der Waals surface area contributed by atoms with Crippen molar-refractivity contribution in [3.8, 4) is 0 Å². The Balaban J connectivity index is 4.44. The summed E-state index contributed by atoms with van der Waals surface area (Å²) in [5.41, 5.74) is 0. The Morgan fingerprint density at radius 2 is 0.542 bits per heavy atom. The lowest BCUT2D eigenvalue weighted by molar-refractivity contribution is -0.167. The number of hydrogen-bond acceptors (Lipinski definition) is 6. The third kappa shape index (κ3) is 57.2. The Morgan fingerprint density at radius 3 is 0.889 bits per heavy atom. The molecule has 0 aliphatic carbocycles. The highest BCUT2D eigenvalue weighted by Gasteiger charge is 2.19. The molecule has 0 fully saturated rings. The smallest absolute Gasteiger partial charge is 0.306 e. The predicted octanol–water partition coefficient (Wildman–Crippen LogP) is 20.5. The van der Waals surface area contributed by atoms with Crippen LogP contribution in [0.2, 0.25) is 0 Å². The summed E-state index contributed by atoms with van der Waals surface area (Å²) in [7, 11) is 0. The number of unbranched alkanes of at least 4 members (excludes halogenated alkanes) is 27. The molecule has 0 saturated heterocycles. The highest BCUT2D eigenvalue weighted by Crippen LogP contribution is 2.15. The molecule has 1 unspecified atom stereocenters. The van der Waals surface area contributed by atoms with Gasteiger partial charge in [0.2, 0.25) is 0 Å². The minimum atomic E-state index is -0.796. The molecule has 0 saturated carbocycles. The number of carbonyl (C=O) groups excluding carboxylic acids is 3. The van der Waals surface area contributed by atoms with Gasteiger partial charge in [0.15, 0.2) is 6.10 Å². The first-order chi connectivity index (χ1) is 35.5. The standard InChI is InChI=1S/C66H112O6/c1-4-7-10-13-16-19-22-25-28-30-32-33-34-36-38-41-44-47-50-53-56-59-65(68)71-62-63(61-70-64(67)58-55-52-49-46-43-40-37-27-24-21-18-15-12-9-6-3)72-66(69)60-57-54-51-48-45-42-39-35-31-29-26-23-20-17-14-11-8-5-2/h7,10,16,18-19,21,25,27-29,31-33,36-38,63H,4-6,8-9,11-15,17,20,22-24,26,30,34-35,39-62H2,1-3H3/b10-7-,19-16-,21-18-,28-25-,31-29-,33-32-,37-27-,38-36-. The van der Waals surface area contributed by atoms with Crippen LogP contribution in [-0.4, -0.2) is 37.2 Å². The number of esters is 3. The molecule has 412 valence electrons. The van der Waals surface area contributed by atoms with E-state index in [-0.39, 0.29) is 31.1 Å². The van der Waals surface area contributed by atoms with E-state index in [0.29, 0.717) is 19.3 Å². The number of rotatable bonds is 54. The molecule has 0 aromatic rings. The summed E-state index contributed by atoms with van der Waals surface area (Å²) in [5.74, 6) is -0.923. The maximum Gasteiger partial charge on any atom is 0.306 e. The SMILES string of the molecule is CC/C=C\C/C=C\C/C=C\C/C=C\C/C=C\CCCCCCCC(=O)OCC(COC(=O)CCCCCCC/C=C\C/C=C\CCCCC)OC(=O)CCCCCCCCC/C=C\CCCCCCCCC. The van der Waals surface area contributed by atoms with E-state index in [1.807, 2.05) is 0 Å². The molecule has 0 N–H and O–H groups in total. The van der Waals surface area contributed by atoms with E-state index >= 15 is 0 Å². The third-order valence-corrected chi connectivity index (χ3v) is 12.8. The van der Waals surface area contributed by atoms with Gasteiger partial charge in [-0.2, -0.15) is 0 Å². The van der Waals surface area contributed by atoms with E-state index in [2.05, 4.69) is 118 Å². The molecule has 0 heterocycles. The van der Waals surface area contributed by atoms with Crippen molar-refractivity contribution in [1.82, 2.24) is 0 Å². The summed E-state index contributed by atoms with van der Waals surface area (Å²) >= 11 is 0. The molecule has 0 aliphatic heterocycles. The van der Waals surface area contributed by atoms with Crippen molar-refractivity contribution in [3.05, 3.63) is 97.2 Å². The zero-order valence-electron chi connectivity index (χ0n) is 47.2. The van der Waals surface area contributed by atoms with Gasteiger partial charge in [-0.1, -0.05) is 240 Å². The largest absolute Gasteiger partial charge is 0.462 e. The van der Waals surface area contributed by atoms with Gasteiger partial charge in [-0.15, -0.1) is 0 Å². The lowest BCUT2D eigenvalue weighted by Gasteiger charge is -2.18. The minimum absolute atomic E-state index is 0.0929. The summed E-state index contributed by atoms with van der Waals surface area (Å²) in [6.07, 6.45) is 79.6. The molecule has 6 heteroatoms. The van der Waals surface area contributed by atoms with Crippen molar-refractivity contribution in [3.63, 3.8) is 0 Å². The Kier molecular flexibility index (Phi) is 56.8. The van der Waals surface area contributed by atoms with Crippen molar-refractivity contribution in [1.29, 1.82) is 0 Å². The molecule has 0 bridgehead atoms. The van der Waals surface area contributed by atoms with Crippen LogP contribution in [0.25, 0.3) is 0 Å². The Bertz CT molecular complexity index is 1430.